The lowest BCUT2D eigenvalue weighted by Gasteiger charge is -2.19. The van der Waals surface area contributed by atoms with E-state index in [1.807, 2.05) is 0 Å². The summed E-state index contributed by atoms with van der Waals surface area (Å²) < 4.78 is 14.5. The molecule has 0 saturated heterocycles. The van der Waals surface area contributed by atoms with Crippen LogP contribution in [-0.2, 0) is 0 Å². The van der Waals surface area contributed by atoms with Gasteiger partial charge in [0.25, 0.3) is 0 Å². The molecule has 0 unspecified atom stereocenters. The van der Waals surface area contributed by atoms with E-state index in [0.717, 1.165) is 9.66 Å². The minimum Gasteiger partial charge on any atom is -0.257 e. The average Bonchev–Trinajstić information content (AvgIpc) is 1.95. The van der Waals surface area contributed by atoms with E-state index in [0.29, 0.717) is 5.69 Å². The van der Waals surface area contributed by atoms with Gasteiger partial charge in [0.1, 0.15) is 5.82 Å². The lowest BCUT2D eigenvalue weighted by atomic mass is 10.4. The molecule has 1 rings (SSSR count). The molecule has 1 nitrogen and oxygen atoms in total. The van der Waals surface area contributed by atoms with Crippen molar-refractivity contribution in [3.8, 4) is 0 Å². The average molecular weight is 262 g/mol. The minimum absolute atomic E-state index is 0.145. The quantitative estimate of drug-likeness (QED) is 0.709. The number of hydrogen-bond donors (Lipinski definition) is 0. The van der Waals surface area contributed by atoms with Gasteiger partial charge in [-0.25, -0.2) is 4.39 Å². The Labute approximate surface area is 87.5 Å². The van der Waals surface area contributed by atoms with Gasteiger partial charge in [0.15, 0.2) is 0 Å². The van der Waals surface area contributed by atoms with Crippen LogP contribution in [0.25, 0.3) is 0 Å². The summed E-state index contributed by atoms with van der Waals surface area (Å²) in [7, 11) is -1.62. The van der Waals surface area contributed by atoms with Crippen molar-refractivity contribution in [3.05, 3.63) is 22.2 Å². The molecule has 72 valence electrons. The molecule has 0 atom stereocenters. The van der Waals surface area contributed by atoms with E-state index >= 15 is 0 Å². The molecule has 0 amide bonds. The number of nitrogens with zero attached hydrogens (tertiary/aromatic N) is 1. The second-order valence-electron chi connectivity index (χ2n) is 4.13. The van der Waals surface area contributed by atoms with Gasteiger partial charge in [-0.1, -0.05) is 19.6 Å². The second-order valence-corrected chi connectivity index (χ2v) is 9.98. The molecule has 0 aromatic carbocycles. The smallest absolute Gasteiger partial charge is 0.144 e. The summed E-state index contributed by atoms with van der Waals surface area (Å²) in [4.78, 5) is 3.95. The van der Waals surface area contributed by atoms with Crippen LogP contribution in [0.5, 0.6) is 0 Å². The van der Waals surface area contributed by atoms with Gasteiger partial charge in [-0.2, -0.15) is 0 Å². The highest BCUT2D eigenvalue weighted by molar-refractivity contribution is 9.10. The molecule has 0 aliphatic carbocycles. The molecule has 1 aromatic heterocycles. The molecule has 0 spiro atoms. The van der Waals surface area contributed by atoms with Crippen LogP contribution < -0.4 is 5.19 Å². The van der Waals surface area contributed by atoms with Crippen molar-refractivity contribution in [2.75, 3.05) is 0 Å². The molecule has 13 heavy (non-hydrogen) atoms. The Balaban J connectivity index is 3.43. The first-order valence-electron chi connectivity index (χ1n) is 4.15. The van der Waals surface area contributed by atoms with E-state index in [1.165, 1.54) is 0 Å². The van der Waals surface area contributed by atoms with Crippen molar-refractivity contribution in [1.29, 1.82) is 0 Å². The molecular weight excluding hydrogens is 249 g/mol. The van der Waals surface area contributed by atoms with Crippen molar-refractivity contribution in [2.45, 2.75) is 26.6 Å². The first kappa shape index (κ1) is 10.9. The number of hydrogen-bond acceptors (Lipinski definition) is 1. The van der Waals surface area contributed by atoms with Gasteiger partial charge in [-0.15, -0.1) is 0 Å². The molecule has 4 heteroatoms. The molecule has 0 fully saturated rings. The summed E-state index contributed by atoms with van der Waals surface area (Å²) in [6, 6.07) is 0. The molecule has 0 aliphatic rings. The Morgan fingerprint density at radius 1 is 1.38 bits per heavy atom. The monoisotopic (exact) mass is 261 g/mol. The fourth-order valence-corrected chi connectivity index (χ4v) is 4.93. The summed E-state index contributed by atoms with van der Waals surface area (Å²) in [6.07, 6.45) is 1.69. The van der Waals surface area contributed by atoms with Crippen LogP contribution in [0.15, 0.2) is 10.7 Å². The van der Waals surface area contributed by atoms with Gasteiger partial charge in [-0.05, 0) is 28.0 Å². The third-order valence-electron chi connectivity index (χ3n) is 1.90. The van der Waals surface area contributed by atoms with Gasteiger partial charge in [0.05, 0.1) is 13.8 Å². The SMILES string of the molecule is Cc1ncc(Br)c([Si](C)(C)C)c1F. The van der Waals surface area contributed by atoms with Crippen LogP contribution in [0, 0.1) is 12.7 Å². The largest absolute Gasteiger partial charge is 0.257 e. The third kappa shape index (κ3) is 2.17. The zero-order valence-electron chi connectivity index (χ0n) is 8.28. The van der Waals surface area contributed by atoms with Gasteiger partial charge in [0, 0.05) is 10.7 Å². The zero-order chi connectivity index (χ0) is 10.2. The van der Waals surface area contributed by atoms with E-state index in [9.17, 15) is 4.39 Å². The second kappa shape index (κ2) is 3.50. The van der Waals surface area contributed by atoms with Crippen LogP contribution in [0.2, 0.25) is 19.6 Å². The molecule has 1 heterocycles. The van der Waals surface area contributed by atoms with Gasteiger partial charge in [-0.3, -0.25) is 4.98 Å². The number of halogens is 2. The number of aryl methyl sites for hydroxylation is 1. The highest BCUT2D eigenvalue weighted by Gasteiger charge is 2.25. The van der Waals surface area contributed by atoms with Gasteiger partial charge >= 0.3 is 0 Å². The van der Waals surface area contributed by atoms with E-state index < -0.39 is 8.07 Å². The maximum Gasteiger partial charge on any atom is 0.144 e. The van der Waals surface area contributed by atoms with E-state index in [2.05, 4.69) is 40.6 Å². The molecule has 1 aromatic rings. The van der Waals surface area contributed by atoms with Crippen LogP contribution >= 0.6 is 15.9 Å². The summed E-state index contributed by atoms with van der Waals surface area (Å²) in [6.45, 7) is 8.06. The number of pyridine rings is 1. The fraction of sp³-hybridized carbons (Fsp3) is 0.444. The van der Waals surface area contributed by atoms with Gasteiger partial charge < -0.3 is 0 Å². The maximum absolute atomic E-state index is 13.7. The molecule has 0 bridgehead atoms. The van der Waals surface area contributed by atoms with Crippen LogP contribution in [0.4, 0.5) is 4.39 Å². The van der Waals surface area contributed by atoms with Crippen molar-refractivity contribution in [2.24, 2.45) is 0 Å². The normalized spacial score (nSPS) is 11.8. The third-order valence-corrected chi connectivity index (χ3v) is 4.85. The molecule has 0 saturated carbocycles. The van der Waals surface area contributed by atoms with Crippen molar-refractivity contribution < 1.29 is 4.39 Å². The predicted octanol–water partition coefficient (Wildman–Crippen LogP) is 2.84. The Bertz CT molecular complexity index is 333. The first-order chi connectivity index (χ1) is 5.84. The highest BCUT2D eigenvalue weighted by atomic mass is 79.9. The molecule has 0 N–H and O–H groups in total. The number of rotatable bonds is 1. The van der Waals surface area contributed by atoms with Crippen molar-refractivity contribution >= 4 is 29.2 Å². The molecule has 0 aliphatic heterocycles. The van der Waals surface area contributed by atoms with Crippen LogP contribution in [0.3, 0.4) is 0 Å². The van der Waals surface area contributed by atoms with E-state index in [-0.39, 0.29) is 5.82 Å². The Morgan fingerprint density at radius 3 is 2.31 bits per heavy atom. The van der Waals surface area contributed by atoms with Crippen LogP contribution in [0.1, 0.15) is 5.69 Å². The summed E-state index contributed by atoms with van der Waals surface area (Å²) in [5.74, 6) is -0.145. The van der Waals surface area contributed by atoms with Crippen molar-refractivity contribution in [3.63, 3.8) is 0 Å². The lowest BCUT2D eigenvalue weighted by Crippen LogP contribution is -2.41. The first-order valence-corrected chi connectivity index (χ1v) is 8.44. The summed E-state index contributed by atoms with van der Waals surface area (Å²) >= 11 is 3.35. The Hall–Kier alpha value is -0.223. The number of aromatic nitrogens is 1. The maximum atomic E-state index is 13.7. The predicted molar refractivity (Wildman–Crippen MR) is 59.6 cm³/mol. The zero-order valence-corrected chi connectivity index (χ0v) is 10.9. The standard InChI is InChI=1S/C9H13BrFNSi/c1-6-8(11)9(13(2,3)4)7(10)5-12-6/h5H,1-4H3. The molecular formula is C9H13BrFNSi. The molecule has 0 radical (unpaired) electrons. The van der Waals surface area contributed by atoms with E-state index in [4.69, 9.17) is 0 Å². The minimum atomic E-state index is -1.62. The lowest BCUT2D eigenvalue weighted by molar-refractivity contribution is 0.616. The Morgan fingerprint density at radius 2 is 1.92 bits per heavy atom. The fourth-order valence-electron chi connectivity index (χ4n) is 1.25. The van der Waals surface area contributed by atoms with E-state index in [1.54, 1.807) is 13.1 Å². The topological polar surface area (TPSA) is 12.9 Å². The summed E-state index contributed by atoms with van der Waals surface area (Å²) in [5.41, 5.74) is 0.487. The summed E-state index contributed by atoms with van der Waals surface area (Å²) in [5, 5.41) is 0.833. The van der Waals surface area contributed by atoms with Gasteiger partial charge in [0.2, 0.25) is 0 Å². The van der Waals surface area contributed by atoms with Crippen molar-refractivity contribution in [1.82, 2.24) is 4.98 Å². The highest BCUT2D eigenvalue weighted by Crippen LogP contribution is 2.16. The Kier molecular flexibility index (Phi) is 2.92. The van der Waals surface area contributed by atoms with Crippen LogP contribution in [-0.4, -0.2) is 13.1 Å².